The summed E-state index contributed by atoms with van der Waals surface area (Å²) in [6, 6.07) is 20.2. The monoisotopic (exact) mass is 474 g/mol. The summed E-state index contributed by atoms with van der Waals surface area (Å²) in [5, 5.41) is 2.87. The summed E-state index contributed by atoms with van der Waals surface area (Å²) in [6.45, 7) is 7.12. The molecule has 0 aliphatic carbocycles. The first kappa shape index (κ1) is 24.1. The Hall–Kier alpha value is -4.00. The number of hydrogen-bond donors (Lipinski definition) is 1. The van der Waals surface area contributed by atoms with Crippen LogP contribution in [0.15, 0.2) is 66.7 Å². The number of fused-ring (bicyclic) bond motifs is 1. The molecule has 2 amide bonds. The van der Waals surface area contributed by atoms with Gasteiger partial charge in [0.1, 0.15) is 23.9 Å². The molecule has 0 saturated heterocycles. The quantitative estimate of drug-likeness (QED) is 0.519. The maximum atomic E-state index is 12.8. The summed E-state index contributed by atoms with van der Waals surface area (Å²) in [5.74, 6) is 1.33. The second-order valence-corrected chi connectivity index (χ2v) is 9.29. The van der Waals surface area contributed by atoms with E-state index < -0.39 is 0 Å². The van der Waals surface area contributed by atoms with Crippen LogP contribution in [0.1, 0.15) is 36.7 Å². The van der Waals surface area contributed by atoms with Crippen molar-refractivity contribution in [2.75, 3.05) is 37.1 Å². The number of carbonyl (C=O) groups is 2. The number of ether oxygens (including phenoxy) is 3. The molecule has 0 spiro atoms. The van der Waals surface area contributed by atoms with Gasteiger partial charge in [-0.2, -0.15) is 0 Å². The molecule has 0 atom stereocenters. The summed E-state index contributed by atoms with van der Waals surface area (Å²) in [5.41, 5.74) is 2.85. The molecule has 35 heavy (non-hydrogen) atoms. The molecule has 1 N–H and O–H groups in total. The molecular formula is C28H30N2O5. The summed E-state index contributed by atoms with van der Waals surface area (Å²) in [4.78, 5) is 27.1. The number of methoxy groups -OCH3 is 1. The highest BCUT2D eigenvalue weighted by atomic mass is 16.5. The Morgan fingerprint density at radius 2 is 1.80 bits per heavy atom. The van der Waals surface area contributed by atoms with Crippen molar-refractivity contribution in [3.05, 3.63) is 77.9 Å². The molecule has 3 aromatic rings. The highest BCUT2D eigenvalue weighted by Gasteiger charge is 2.26. The third-order valence-electron chi connectivity index (χ3n) is 5.82. The Morgan fingerprint density at radius 3 is 2.51 bits per heavy atom. The molecule has 7 heteroatoms. The van der Waals surface area contributed by atoms with Gasteiger partial charge in [-0.3, -0.25) is 9.59 Å². The van der Waals surface area contributed by atoms with E-state index in [4.69, 9.17) is 14.2 Å². The average molecular weight is 475 g/mol. The normalized spacial score (nSPS) is 13.0. The van der Waals surface area contributed by atoms with Crippen LogP contribution in [0.5, 0.6) is 17.2 Å². The van der Waals surface area contributed by atoms with Crippen molar-refractivity contribution in [3.63, 3.8) is 0 Å². The first-order valence-corrected chi connectivity index (χ1v) is 11.5. The maximum absolute atomic E-state index is 12.8. The standard InChI is InChI=1S/C28H30N2O5/c1-28(2,3)19-9-12-21(13-10-19)34-16-15-30-23-17-20(11-14-25(23)35-18-26(30)31)29-27(32)22-7-5-6-8-24(22)33-4/h5-14,17H,15-16,18H2,1-4H3,(H,29,32). The van der Waals surface area contributed by atoms with Gasteiger partial charge in [-0.25, -0.2) is 0 Å². The van der Waals surface area contributed by atoms with Crippen molar-refractivity contribution in [1.29, 1.82) is 0 Å². The van der Waals surface area contributed by atoms with E-state index in [0.717, 1.165) is 5.75 Å². The van der Waals surface area contributed by atoms with E-state index in [0.29, 0.717) is 41.6 Å². The fraction of sp³-hybridized carbons (Fsp3) is 0.286. The van der Waals surface area contributed by atoms with Gasteiger partial charge in [-0.1, -0.05) is 45.0 Å². The molecule has 0 unspecified atom stereocenters. The number of benzene rings is 3. The van der Waals surface area contributed by atoms with Crippen LogP contribution >= 0.6 is 0 Å². The second-order valence-electron chi connectivity index (χ2n) is 9.29. The molecule has 182 valence electrons. The Kier molecular flexibility index (Phi) is 6.96. The second kappa shape index (κ2) is 10.1. The van der Waals surface area contributed by atoms with Gasteiger partial charge >= 0.3 is 0 Å². The summed E-state index contributed by atoms with van der Waals surface area (Å²) in [7, 11) is 1.52. The summed E-state index contributed by atoms with van der Waals surface area (Å²) in [6.07, 6.45) is 0. The number of rotatable bonds is 7. The predicted octanol–water partition coefficient (Wildman–Crippen LogP) is 5.05. The highest BCUT2D eigenvalue weighted by Crippen LogP contribution is 2.35. The molecule has 1 aliphatic heterocycles. The summed E-state index contributed by atoms with van der Waals surface area (Å²) < 4.78 is 16.8. The highest BCUT2D eigenvalue weighted by molar-refractivity contribution is 6.07. The van der Waals surface area contributed by atoms with Gasteiger partial charge in [0.15, 0.2) is 6.61 Å². The molecule has 0 saturated carbocycles. The van der Waals surface area contributed by atoms with Gasteiger partial charge in [0.2, 0.25) is 0 Å². The van der Waals surface area contributed by atoms with Crippen molar-refractivity contribution in [3.8, 4) is 17.2 Å². The lowest BCUT2D eigenvalue weighted by Crippen LogP contribution is -2.41. The number of amides is 2. The number of hydrogen-bond acceptors (Lipinski definition) is 5. The van der Waals surface area contributed by atoms with Gasteiger partial charge in [0.25, 0.3) is 11.8 Å². The molecule has 3 aromatic carbocycles. The van der Waals surface area contributed by atoms with Gasteiger partial charge in [0, 0.05) is 5.69 Å². The van der Waals surface area contributed by atoms with Crippen molar-refractivity contribution in [1.82, 2.24) is 0 Å². The molecule has 0 fully saturated rings. The third kappa shape index (κ3) is 5.57. The largest absolute Gasteiger partial charge is 0.496 e. The average Bonchev–Trinajstić information content (AvgIpc) is 2.85. The molecule has 1 aliphatic rings. The SMILES string of the molecule is COc1ccccc1C(=O)Nc1ccc2c(c1)N(CCOc1ccc(C(C)(C)C)cc1)C(=O)CO2. The van der Waals surface area contributed by atoms with Gasteiger partial charge in [-0.15, -0.1) is 0 Å². The molecule has 0 bridgehead atoms. The molecule has 4 rings (SSSR count). The summed E-state index contributed by atoms with van der Waals surface area (Å²) >= 11 is 0. The van der Waals surface area contributed by atoms with Crippen LogP contribution in [-0.2, 0) is 10.2 Å². The van der Waals surface area contributed by atoms with E-state index in [1.165, 1.54) is 12.7 Å². The Labute approximate surface area is 205 Å². The minimum absolute atomic E-state index is 0.0415. The van der Waals surface area contributed by atoms with Crippen LogP contribution < -0.4 is 24.4 Å². The third-order valence-corrected chi connectivity index (χ3v) is 5.82. The van der Waals surface area contributed by atoms with Crippen LogP contribution in [0.3, 0.4) is 0 Å². The molecule has 1 heterocycles. The van der Waals surface area contributed by atoms with Crippen LogP contribution in [0.25, 0.3) is 0 Å². The fourth-order valence-electron chi connectivity index (χ4n) is 3.86. The van der Waals surface area contributed by atoms with Crippen LogP contribution in [0.4, 0.5) is 11.4 Å². The first-order valence-electron chi connectivity index (χ1n) is 11.5. The van der Waals surface area contributed by atoms with Crippen LogP contribution in [-0.4, -0.2) is 38.7 Å². The van der Waals surface area contributed by atoms with Crippen LogP contribution in [0, 0.1) is 0 Å². The zero-order chi connectivity index (χ0) is 25.0. The minimum atomic E-state index is -0.306. The van der Waals surface area contributed by atoms with E-state index in [1.807, 2.05) is 12.1 Å². The number of nitrogens with one attached hydrogen (secondary N) is 1. The lowest BCUT2D eigenvalue weighted by Gasteiger charge is -2.29. The van der Waals surface area contributed by atoms with Gasteiger partial charge < -0.3 is 24.4 Å². The topological polar surface area (TPSA) is 77.1 Å². The number of carbonyl (C=O) groups excluding carboxylic acids is 2. The van der Waals surface area contributed by atoms with Crippen LogP contribution in [0.2, 0.25) is 0 Å². The lowest BCUT2D eigenvalue weighted by atomic mass is 9.87. The predicted molar refractivity (Wildman–Crippen MR) is 136 cm³/mol. The van der Waals surface area contributed by atoms with Crippen molar-refractivity contribution in [2.45, 2.75) is 26.2 Å². The van der Waals surface area contributed by atoms with E-state index in [1.54, 1.807) is 47.4 Å². The molecule has 0 radical (unpaired) electrons. The molecular weight excluding hydrogens is 444 g/mol. The van der Waals surface area contributed by atoms with Crippen molar-refractivity contribution >= 4 is 23.2 Å². The maximum Gasteiger partial charge on any atom is 0.265 e. The fourth-order valence-corrected chi connectivity index (χ4v) is 3.86. The Morgan fingerprint density at radius 1 is 1.06 bits per heavy atom. The van der Waals surface area contributed by atoms with E-state index >= 15 is 0 Å². The van der Waals surface area contributed by atoms with E-state index in [-0.39, 0.29) is 23.8 Å². The minimum Gasteiger partial charge on any atom is -0.496 e. The zero-order valence-corrected chi connectivity index (χ0v) is 20.5. The van der Waals surface area contributed by atoms with Gasteiger partial charge in [0.05, 0.1) is 24.9 Å². The zero-order valence-electron chi connectivity index (χ0n) is 20.5. The first-order chi connectivity index (χ1) is 16.8. The van der Waals surface area contributed by atoms with E-state index in [9.17, 15) is 9.59 Å². The number of nitrogens with zero attached hydrogens (tertiary/aromatic N) is 1. The lowest BCUT2D eigenvalue weighted by molar-refractivity contribution is -0.121. The van der Waals surface area contributed by atoms with Crippen molar-refractivity contribution in [2.24, 2.45) is 0 Å². The van der Waals surface area contributed by atoms with E-state index in [2.05, 4.69) is 38.2 Å². The number of para-hydroxylation sites is 1. The molecule has 0 aromatic heterocycles. The van der Waals surface area contributed by atoms with Gasteiger partial charge in [-0.05, 0) is 53.4 Å². The van der Waals surface area contributed by atoms with Crippen molar-refractivity contribution < 1.29 is 23.8 Å². The number of anilines is 2. The Balaban J connectivity index is 1.45. The Bertz CT molecular complexity index is 1210. The smallest absolute Gasteiger partial charge is 0.265 e. The molecule has 7 nitrogen and oxygen atoms in total.